The molecule has 4 heteroatoms. The van der Waals surface area contributed by atoms with Gasteiger partial charge in [0.2, 0.25) is 0 Å². The number of rotatable bonds is 5. The van der Waals surface area contributed by atoms with E-state index in [0.29, 0.717) is 6.54 Å². The average molecular weight is 254 g/mol. The minimum absolute atomic E-state index is 0.0424. The van der Waals surface area contributed by atoms with Gasteiger partial charge < -0.3 is 20.3 Å². The minimum Gasteiger partial charge on any atom is -0.497 e. The topological polar surface area (TPSA) is 66.3 Å². The molecule has 0 aliphatic carbocycles. The van der Waals surface area contributed by atoms with Gasteiger partial charge in [-0.25, -0.2) is 0 Å². The van der Waals surface area contributed by atoms with Gasteiger partial charge in [0.25, 0.3) is 0 Å². The Hall–Kier alpha value is -1.26. The summed E-state index contributed by atoms with van der Waals surface area (Å²) in [7, 11) is 1.65. The van der Waals surface area contributed by atoms with Crippen molar-refractivity contribution < 1.29 is 20.3 Å². The first-order valence-corrected chi connectivity index (χ1v) is 6.17. The molecule has 0 amide bonds. The molecule has 0 fully saturated rings. The molecule has 1 rings (SSSR count). The van der Waals surface area contributed by atoms with Crippen LogP contribution in [0.1, 0.15) is 26.3 Å². The molecule has 18 heavy (non-hydrogen) atoms. The number of methoxy groups -OCH3 is 1. The van der Waals surface area contributed by atoms with Gasteiger partial charge in [-0.15, -0.1) is 0 Å². The Balaban J connectivity index is 2.96. The van der Waals surface area contributed by atoms with Crippen molar-refractivity contribution in [3.05, 3.63) is 23.8 Å². The van der Waals surface area contributed by atoms with Gasteiger partial charge in [-0.1, -0.05) is 20.8 Å². The fraction of sp³-hybridized carbons (Fsp3) is 0.571. The summed E-state index contributed by atoms with van der Waals surface area (Å²) < 4.78 is 10.9. The summed E-state index contributed by atoms with van der Waals surface area (Å²) in [5.74, 6) is 1.60. The number of hydrogen-bond donors (Lipinski definition) is 2. The molecule has 102 valence electrons. The summed E-state index contributed by atoms with van der Waals surface area (Å²) in [6, 6.07) is 5.72. The number of quaternary nitrogens is 1. The van der Waals surface area contributed by atoms with Gasteiger partial charge in [0.15, 0.2) is 0 Å². The lowest BCUT2D eigenvalue weighted by Crippen LogP contribution is -2.56. The normalized spacial score (nSPS) is 13.2. The van der Waals surface area contributed by atoms with Crippen molar-refractivity contribution in [1.29, 1.82) is 0 Å². The zero-order valence-corrected chi connectivity index (χ0v) is 11.7. The Morgan fingerprint density at radius 3 is 2.50 bits per heavy atom. The molecule has 4 nitrogen and oxygen atoms in total. The first-order chi connectivity index (χ1) is 8.38. The zero-order valence-electron chi connectivity index (χ0n) is 11.7. The highest BCUT2D eigenvalue weighted by atomic mass is 16.5. The monoisotopic (exact) mass is 254 g/mol. The van der Waals surface area contributed by atoms with E-state index in [1.165, 1.54) is 0 Å². The molecular weight excluding hydrogens is 230 g/mol. The van der Waals surface area contributed by atoms with Crippen LogP contribution in [-0.4, -0.2) is 31.5 Å². The maximum atomic E-state index is 9.50. The van der Waals surface area contributed by atoms with E-state index in [1.807, 2.05) is 18.2 Å². The van der Waals surface area contributed by atoms with Crippen LogP contribution in [0.2, 0.25) is 0 Å². The first-order valence-electron chi connectivity index (χ1n) is 6.17. The Morgan fingerprint density at radius 1 is 1.33 bits per heavy atom. The molecular formula is C14H24NO3+. The Bertz CT molecular complexity index is 385. The maximum absolute atomic E-state index is 9.50. The molecule has 0 aliphatic rings. The van der Waals surface area contributed by atoms with Crippen molar-refractivity contribution in [2.75, 3.05) is 20.3 Å². The van der Waals surface area contributed by atoms with E-state index in [1.54, 1.807) is 7.11 Å². The summed E-state index contributed by atoms with van der Waals surface area (Å²) in [5.41, 5.74) is 4.67. The van der Waals surface area contributed by atoms with Gasteiger partial charge in [-0.3, -0.25) is 0 Å². The molecule has 0 saturated carbocycles. The third kappa shape index (κ3) is 3.89. The average Bonchev–Trinajstić information content (AvgIpc) is 2.34. The molecule has 0 radical (unpaired) electrons. The van der Waals surface area contributed by atoms with E-state index in [2.05, 4.69) is 26.5 Å². The van der Waals surface area contributed by atoms with E-state index in [4.69, 9.17) is 9.47 Å². The van der Waals surface area contributed by atoms with Crippen LogP contribution in [0.5, 0.6) is 11.5 Å². The van der Waals surface area contributed by atoms with Gasteiger partial charge in [0, 0.05) is 5.56 Å². The smallest absolute Gasteiger partial charge is 0.136 e. The molecule has 0 aliphatic heterocycles. The van der Waals surface area contributed by atoms with E-state index < -0.39 is 6.10 Å². The van der Waals surface area contributed by atoms with E-state index in [9.17, 15) is 5.11 Å². The second-order valence-corrected chi connectivity index (χ2v) is 5.37. The predicted octanol–water partition coefficient (Wildman–Crippen LogP) is 0.974. The van der Waals surface area contributed by atoms with Crippen LogP contribution in [0.15, 0.2) is 18.2 Å². The zero-order chi connectivity index (χ0) is 13.8. The lowest BCUT2D eigenvalue weighted by atomic mass is 9.86. The summed E-state index contributed by atoms with van der Waals surface area (Å²) in [6.07, 6.45) is -0.528. The van der Waals surface area contributed by atoms with Crippen LogP contribution in [0.4, 0.5) is 0 Å². The number of aliphatic hydroxyl groups is 1. The van der Waals surface area contributed by atoms with Crippen LogP contribution in [0.25, 0.3) is 0 Å². The first kappa shape index (κ1) is 14.8. The molecule has 0 heterocycles. The summed E-state index contributed by atoms with van der Waals surface area (Å²) in [5, 5.41) is 9.50. The fourth-order valence-corrected chi connectivity index (χ4v) is 1.62. The highest BCUT2D eigenvalue weighted by Crippen LogP contribution is 2.34. The van der Waals surface area contributed by atoms with Crippen molar-refractivity contribution >= 4 is 0 Å². The summed E-state index contributed by atoms with van der Waals surface area (Å²) in [6.45, 7) is 7.06. The number of ether oxygens (including phenoxy) is 2. The molecule has 0 unspecified atom stereocenters. The lowest BCUT2D eigenvalue weighted by molar-refractivity contribution is -0.384. The molecule has 0 saturated heterocycles. The SMILES string of the molecule is COc1ccc(OC[C@@H](O)C[NH3+])c(C(C)(C)C)c1. The van der Waals surface area contributed by atoms with Crippen molar-refractivity contribution in [3.63, 3.8) is 0 Å². The quantitative estimate of drug-likeness (QED) is 0.823. The standard InChI is InChI=1S/C14H23NO3/c1-14(2,3)12-7-11(17-4)5-6-13(12)18-9-10(16)8-15/h5-7,10,16H,8-9,15H2,1-4H3/p+1/t10-/m0/s1. The number of aliphatic hydroxyl groups excluding tert-OH is 1. The summed E-state index contributed by atoms with van der Waals surface area (Å²) >= 11 is 0. The van der Waals surface area contributed by atoms with Crippen LogP contribution in [0.3, 0.4) is 0 Å². The molecule has 1 atom stereocenters. The van der Waals surface area contributed by atoms with Crippen molar-refractivity contribution in [1.82, 2.24) is 0 Å². The maximum Gasteiger partial charge on any atom is 0.136 e. The lowest BCUT2D eigenvalue weighted by Gasteiger charge is -2.24. The second kappa shape index (κ2) is 6.07. The Kier molecular flexibility index (Phi) is 4.99. The van der Waals surface area contributed by atoms with E-state index >= 15 is 0 Å². The molecule has 4 N–H and O–H groups in total. The largest absolute Gasteiger partial charge is 0.497 e. The van der Waals surface area contributed by atoms with E-state index in [0.717, 1.165) is 17.1 Å². The third-order valence-electron chi connectivity index (χ3n) is 2.76. The van der Waals surface area contributed by atoms with Crippen molar-refractivity contribution in [2.24, 2.45) is 0 Å². The number of hydrogen-bond acceptors (Lipinski definition) is 3. The predicted molar refractivity (Wildman–Crippen MR) is 71.0 cm³/mol. The van der Waals surface area contributed by atoms with Crippen LogP contribution in [-0.2, 0) is 5.41 Å². The highest BCUT2D eigenvalue weighted by Gasteiger charge is 2.20. The van der Waals surface area contributed by atoms with Crippen LogP contribution >= 0.6 is 0 Å². The number of benzene rings is 1. The third-order valence-corrected chi connectivity index (χ3v) is 2.76. The highest BCUT2D eigenvalue weighted by molar-refractivity contribution is 5.44. The van der Waals surface area contributed by atoms with Gasteiger partial charge in [0.1, 0.15) is 30.8 Å². The molecule has 0 bridgehead atoms. The Labute approximate surface area is 109 Å². The molecule has 1 aromatic carbocycles. The van der Waals surface area contributed by atoms with Gasteiger partial charge in [-0.05, 0) is 23.6 Å². The molecule has 1 aromatic rings. The van der Waals surface area contributed by atoms with Gasteiger partial charge >= 0.3 is 0 Å². The van der Waals surface area contributed by atoms with E-state index in [-0.39, 0.29) is 12.0 Å². The van der Waals surface area contributed by atoms with Gasteiger partial charge in [-0.2, -0.15) is 0 Å². The Morgan fingerprint density at radius 2 is 2.00 bits per heavy atom. The fourth-order valence-electron chi connectivity index (χ4n) is 1.62. The molecule has 0 spiro atoms. The summed E-state index contributed by atoms with van der Waals surface area (Å²) in [4.78, 5) is 0. The van der Waals surface area contributed by atoms with Crippen LogP contribution in [0, 0.1) is 0 Å². The second-order valence-electron chi connectivity index (χ2n) is 5.37. The van der Waals surface area contributed by atoms with Gasteiger partial charge in [0.05, 0.1) is 7.11 Å². The van der Waals surface area contributed by atoms with Crippen molar-refractivity contribution in [3.8, 4) is 11.5 Å². The van der Waals surface area contributed by atoms with Crippen molar-refractivity contribution in [2.45, 2.75) is 32.3 Å². The minimum atomic E-state index is -0.528. The molecule has 0 aromatic heterocycles. The van der Waals surface area contributed by atoms with Crippen LogP contribution < -0.4 is 15.2 Å².